The number of fused-ring (bicyclic) bond motifs is 1. The second kappa shape index (κ2) is 9.52. The third kappa shape index (κ3) is 4.80. The lowest BCUT2D eigenvalue weighted by Gasteiger charge is -2.28. The van der Waals surface area contributed by atoms with Crippen molar-refractivity contribution in [3.63, 3.8) is 0 Å². The first-order valence-electron chi connectivity index (χ1n) is 9.19. The van der Waals surface area contributed by atoms with Crippen molar-refractivity contribution < 1.29 is 4.74 Å². The predicted octanol–water partition coefficient (Wildman–Crippen LogP) is 2.25. The fourth-order valence-electron chi connectivity index (χ4n) is 3.02. The van der Waals surface area contributed by atoms with Gasteiger partial charge in [0.25, 0.3) is 0 Å². The number of nitrogens with two attached hydrogens (primary N) is 2. The molecule has 1 aromatic carbocycles. The van der Waals surface area contributed by atoms with Gasteiger partial charge in [0.2, 0.25) is 0 Å². The van der Waals surface area contributed by atoms with E-state index in [0.717, 1.165) is 52.2 Å². The summed E-state index contributed by atoms with van der Waals surface area (Å²) in [5, 5.41) is 8.42. The van der Waals surface area contributed by atoms with Crippen molar-refractivity contribution >= 4 is 34.6 Å². The molecule has 29 heavy (non-hydrogen) atoms. The van der Waals surface area contributed by atoms with Crippen LogP contribution in [0.15, 0.2) is 65.6 Å². The Balaban J connectivity index is 1.92. The number of nitrogens with zero attached hydrogens (tertiary/aromatic N) is 4. The summed E-state index contributed by atoms with van der Waals surface area (Å²) >= 11 is 0. The number of rotatable bonds is 7. The second-order valence-electron chi connectivity index (χ2n) is 6.38. The molecule has 5 N–H and O–H groups in total. The standard InChI is InChI=1S/C21H25N7O/c1-15(11-20(25-14-23)28-7-9-29-10-8-28)21-18-12-17(3-4-19(18)26-27-21)16(2)13-24-6-5-22/h3-6,11-14H,1-2,7-10,22H2,(H2,23,25)(H,26,27)/b6-5-,20-11+,24-13?. The van der Waals surface area contributed by atoms with Crippen LogP contribution in [0, 0.1) is 0 Å². The molecule has 0 saturated carbocycles. The van der Waals surface area contributed by atoms with E-state index in [1.54, 1.807) is 6.21 Å². The molecule has 150 valence electrons. The number of morpholine rings is 1. The molecule has 1 saturated heterocycles. The monoisotopic (exact) mass is 391 g/mol. The Morgan fingerprint density at radius 3 is 2.72 bits per heavy atom. The molecular formula is C21H25N7O. The third-order valence-corrected chi connectivity index (χ3v) is 4.49. The first-order valence-corrected chi connectivity index (χ1v) is 9.19. The van der Waals surface area contributed by atoms with E-state index < -0.39 is 0 Å². The molecule has 2 heterocycles. The number of benzene rings is 1. The number of aromatic nitrogens is 2. The lowest BCUT2D eigenvalue weighted by molar-refractivity contribution is 0.0532. The van der Waals surface area contributed by atoms with Gasteiger partial charge in [-0.1, -0.05) is 19.2 Å². The smallest absolute Gasteiger partial charge is 0.131 e. The first kappa shape index (κ1) is 20.1. The van der Waals surface area contributed by atoms with Gasteiger partial charge in [-0.3, -0.25) is 10.1 Å². The molecule has 1 aliphatic rings. The van der Waals surface area contributed by atoms with Gasteiger partial charge in [-0.2, -0.15) is 5.10 Å². The molecular weight excluding hydrogens is 366 g/mol. The quantitative estimate of drug-likeness (QED) is 0.380. The minimum Gasteiger partial charge on any atom is -0.403 e. The van der Waals surface area contributed by atoms with Gasteiger partial charge in [-0.15, -0.1) is 0 Å². The van der Waals surface area contributed by atoms with Crippen molar-refractivity contribution in [2.75, 3.05) is 26.3 Å². The Bertz CT molecular complexity index is 1010. The van der Waals surface area contributed by atoms with E-state index >= 15 is 0 Å². The summed E-state index contributed by atoms with van der Waals surface area (Å²) in [7, 11) is 0. The van der Waals surface area contributed by atoms with Crippen molar-refractivity contribution in [3.8, 4) is 0 Å². The zero-order chi connectivity index (χ0) is 20.6. The highest BCUT2D eigenvalue weighted by Gasteiger charge is 2.15. The summed E-state index contributed by atoms with van der Waals surface area (Å²) in [5.74, 6) is 0.734. The molecule has 0 atom stereocenters. The maximum absolute atomic E-state index is 5.55. The molecule has 0 bridgehead atoms. The van der Waals surface area contributed by atoms with Crippen LogP contribution in [0.3, 0.4) is 0 Å². The molecule has 2 aromatic rings. The van der Waals surface area contributed by atoms with Gasteiger partial charge in [0.05, 0.1) is 30.8 Å². The predicted molar refractivity (Wildman–Crippen MR) is 119 cm³/mol. The van der Waals surface area contributed by atoms with Crippen LogP contribution in [-0.4, -0.2) is 54.0 Å². The maximum Gasteiger partial charge on any atom is 0.131 e. The van der Waals surface area contributed by atoms with Gasteiger partial charge in [-0.05, 0) is 34.9 Å². The number of nitrogens with one attached hydrogen (secondary N) is 1. The molecule has 0 spiro atoms. The normalized spacial score (nSPS) is 15.9. The fourth-order valence-corrected chi connectivity index (χ4v) is 3.02. The second-order valence-corrected chi connectivity index (χ2v) is 6.38. The Labute approximate surface area is 169 Å². The summed E-state index contributed by atoms with van der Waals surface area (Å²) in [6.07, 6.45) is 7.71. The Morgan fingerprint density at radius 1 is 1.21 bits per heavy atom. The van der Waals surface area contributed by atoms with E-state index in [9.17, 15) is 0 Å². The van der Waals surface area contributed by atoms with Crippen LogP contribution >= 0.6 is 0 Å². The SMILES string of the molecule is C=C(C=N/C=C\N)c1ccc2[nH]nc(C(=C)/C=C(\N=CN)N3CCOCC3)c2c1. The molecule has 0 unspecified atom stereocenters. The summed E-state index contributed by atoms with van der Waals surface area (Å²) in [6, 6.07) is 5.92. The number of hydrogen-bond donors (Lipinski definition) is 3. The maximum atomic E-state index is 5.55. The molecule has 0 aliphatic carbocycles. The molecule has 0 amide bonds. The van der Waals surface area contributed by atoms with Crippen molar-refractivity contribution in [2.45, 2.75) is 0 Å². The topological polar surface area (TPSA) is 118 Å². The molecule has 1 fully saturated rings. The summed E-state index contributed by atoms with van der Waals surface area (Å²) in [4.78, 5) is 10.5. The molecule has 8 heteroatoms. The number of hydrogen-bond acceptors (Lipinski definition) is 6. The van der Waals surface area contributed by atoms with E-state index in [1.807, 2.05) is 24.3 Å². The van der Waals surface area contributed by atoms with Gasteiger partial charge in [0, 0.05) is 37.1 Å². The number of ether oxygens (including phenoxy) is 1. The minimum absolute atomic E-state index is 0.654. The van der Waals surface area contributed by atoms with Gasteiger partial charge < -0.3 is 21.1 Å². The van der Waals surface area contributed by atoms with Crippen LogP contribution in [0.5, 0.6) is 0 Å². The minimum atomic E-state index is 0.654. The van der Waals surface area contributed by atoms with Crippen molar-refractivity contribution in [2.24, 2.45) is 21.5 Å². The van der Waals surface area contributed by atoms with Crippen LogP contribution in [-0.2, 0) is 4.74 Å². The first-order chi connectivity index (χ1) is 14.1. The van der Waals surface area contributed by atoms with Crippen LogP contribution < -0.4 is 11.5 Å². The summed E-state index contributed by atoms with van der Waals surface area (Å²) in [5.41, 5.74) is 14.9. The lowest BCUT2D eigenvalue weighted by Crippen LogP contribution is -2.35. The van der Waals surface area contributed by atoms with Gasteiger partial charge in [0.15, 0.2) is 0 Å². The highest BCUT2D eigenvalue weighted by Crippen LogP contribution is 2.27. The summed E-state index contributed by atoms with van der Waals surface area (Å²) < 4.78 is 5.41. The van der Waals surface area contributed by atoms with Crippen LogP contribution in [0.1, 0.15) is 11.3 Å². The number of H-pyrrole nitrogens is 1. The average Bonchev–Trinajstić information content (AvgIpc) is 3.17. The zero-order valence-corrected chi connectivity index (χ0v) is 16.2. The number of aliphatic imine (C=N–C) groups is 2. The average molecular weight is 391 g/mol. The van der Waals surface area contributed by atoms with E-state index in [4.69, 9.17) is 16.2 Å². The van der Waals surface area contributed by atoms with Gasteiger partial charge in [-0.25, -0.2) is 4.99 Å². The van der Waals surface area contributed by atoms with Crippen LogP contribution in [0.25, 0.3) is 22.0 Å². The van der Waals surface area contributed by atoms with E-state index in [0.29, 0.717) is 13.2 Å². The summed E-state index contributed by atoms with van der Waals surface area (Å²) in [6.45, 7) is 11.1. The van der Waals surface area contributed by atoms with Crippen LogP contribution in [0.4, 0.5) is 0 Å². The third-order valence-electron chi connectivity index (χ3n) is 4.49. The van der Waals surface area contributed by atoms with Crippen molar-refractivity contribution in [1.29, 1.82) is 0 Å². The van der Waals surface area contributed by atoms with E-state index in [2.05, 4.69) is 38.2 Å². The molecule has 1 aliphatic heterocycles. The van der Waals surface area contributed by atoms with Gasteiger partial charge in [0.1, 0.15) is 5.82 Å². The number of allylic oxidation sites excluding steroid dienone is 3. The molecule has 0 radical (unpaired) electrons. The zero-order valence-electron chi connectivity index (χ0n) is 16.2. The Morgan fingerprint density at radius 2 is 2.00 bits per heavy atom. The number of aromatic amines is 1. The van der Waals surface area contributed by atoms with Crippen molar-refractivity contribution in [3.05, 3.63) is 66.9 Å². The highest BCUT2D eigenvalue weighted by molar-refractivity contribution is 6.10. The van der Waals surface area contributed by atoms with Crippen LogP contribution in [0.2, 0.25) is 0 Å². The van der Waals surface area contributed by atoms with E-state index in [-0.39, 0.29) is 0 Å². The van der Waals surface area contributed by atoms with Crippen molar-refractivity contribution in [1.82, 2.24) is 15.1 Å². The van der Waals surface area contributed by atoms with E-state index in [1.165, 1.54) is 18.7 Å². The fraction of sp³-hybridized carbons (Fsp3) is 0.190. The molecule has 8 nitrogen and oxygen atoms in total. The largest absolute Gasteiger partial charge is 0.403 e. The van der Waals surface area contributed by atoms with Gasteiger partial charge >= 0.3 is 0 Å². The molecule has 3 rings (SSSR count). The lowest BCUT2D eigenvalue weighted by atomic mass is 10.0. The molecule has 1 aromatic heterocycles. The highest BCUT2D eigenvalue weighted by atomic mass is 16.5. The Hall–Kier alpha value is -3.65. The Kier molecular flexibility index (Phi) is 6.59.